The molecule has 1 aliphatic heterocycles. The minimum Gasteiger partial charge on any atom is -0.390 e. The second kappa shape index (κ2) is 4.19. The minimum absolute atomic E-state index is 0.461. The summed E-state index contributed by atoms with van der Waals surface area (Å²) in [5, 5.41) is 9.26. The van der Waals surface area contributed by atoms with E-state index in [9.17, 15) is 9.50 Å². The molecule has 0 bridgehead atoms. The molecule has 0 aliphatic carbocycles. The molecule has 1 heterocycles. The van der Waals surface area contributed by atoms with Gasteiger partial charge in [-0.25, -0.2) is 4.39 Å². The van der Waals surface area contributed by atoms with Gasteiger partial charge >= 0.3 is 0 Å². The summed E-state index contributed by atoms with van der Waals surface area (Å²) in [6.45, 7) is 5.80. The standard InChI is InChI=1S/C9H18FNO/c1-7(2)11-5-3-8(10)9(12)4-6-11/h7-9,12H,3-6H2,1-2H3. The van der Waals surface area contributed by atoms with Gasteiger partial charge in [-0.15, -0.1) is 0 Å². The van der Waals surface area contributed by atoms with Crippen molar-refractivity contribution in [3.8, 4) is 0 Å². The molecule has 1 fully saturated rings. The van der Waals surface area contributed by atoms with Crippen LogP contribution in [0.4, 0.5) is 4.39 Å². The van der Waals surface area contributed by atoms with Gasteiger partial charge in [-0.2, -0.15) is 0 Å². The number of alkyl halides is 1. The highest BCUT2D eigenvalue weighted by Gasteiger charge is 2.24. The Kier molecular flexibility index (Phi) is 3.47. The maximum Gasteiger partial charge on any atom is 0.127 e. The van der Waals surface area contributed by atoms with Gasteiger partial charge in [0, 0.05) is 19.1 Å². The van der Waals surface area contributed by atoms with Crippen molar-refractivity contribution in [1.29, 1.82) is 0 Å². The van der Waals surface area contributed by atoms with Crippen molar-refractivity contribution in [1.82, 2.24) is 4.90 Å². The first-order valence-corrected chi connectivity index (χ1v) is 4.67. The lowest BCUT2D eigenvalue weighted by Gasteiger charge is -2.23. The third-order valence-corrected chi connectivity index (χ3v) is 2.55. The van der Waals surface area contributed by atoms with Crippen LogP contribution in [0, 0.1) is 0 Å². The zero-order valence-electron chi connectivity index (χ0n) is 7.83. The second-order valence-electron chi connectivity index (χ2n) is 3.79. The van der Waals surface area contributed by atoms with Crippen LogP contribution in [0.25, 0.3) is 0 Å². The van der Waals surface area contributed by atoms with Crippen LogP contribution in [0.3, 0.4) is 0 Å². The highest BCUT2D eigenvalue weighted by molar-refractivity contribution is 4.77. The summed E-state index contributed by atoms with van der Waals surface area (Å²) in [5.41, 5.74) is 0. The molecule has 0 aromatic rings. The molecule has 0 aromatic carbocycles. The number of aliphatic hydroxyl groups excluding tert-OH is 1. The predicted molar refractivity (Wildman–Crippen MR) is 46.8 cm³/mol. The normalized spacial score (nSPS) is 33.8. The first-order chi connectivity index (χ1) is 5.61. The quantitative estimate of drug-likeness (QED) is 0.647. The van der Waals surface area contributed by atoms with Crippen molar-refractivity contribution in [2.45, 2.75) is 45.0 Å². The fourth-order valence-corrected chi connectivity index (χ4v) is 1.59. The maximum absolute atomic E-state index is 13.0. The molecule has 2 nitrogen and oxygen atoms in total. The largest absolute Gasteiger partial charge is 0.390 e. The minimum atomic E-state index is -1.02. The van der Waals surface area contributed by atoms with Crippen LogP contribution in [0.5, 0.6) is 0 Å². The van der Waals surface area contributed by atoms with E-state index in [2.05, 4.69) is 18.7 Å². The smallest absolute Gasteiger partial charge is 0.127 e. The van der Waals surface area contributed by atoms with E-state index in [1.54, 1.807) is 0 Å². The Bertz CT molecular complexity index is 128. The molecule has 72 valence electrons. The Morgan fingerprint density at radius 2 is 1.92 bits per heavy atom. The average molecular weight is 175 g/mol. The van der Waals surface area contributed by atoms with Crippen LogP contribution in [0.15, 0.2) is 0 Å². The molecule has 0 saturated carbocycles. The van der Waals surface area contributed by atoms with Crippen LogP contribution < -0.4 is 0 Å². The molecule has 0 amide bonds. The number of hydrogen-bond acceptors (Lipinski definition) is 2. The van der Waals surface area contributed by atoms with E-state index in [1.165, 1.54) is 0 Å². The lowest BCUT2D eigenvalue weighted by Crippen LogP contribution is -2.31. The topological polar surface area (TPSA) is 23.5 Å². The van der Waals surface area contributed by atoms with Gasteiger partial charge in [0.2, 0.25) is 0 Å². The maximum atomic E-state index is 13.0. The number of rotatable bonds is 1. The molecule has 0 radical (unpaired) electrons. The summed E-state index contributed by atoms with van der Waals surface area (Å²) in [4.78, 5) is 2.21. The number of hydrogen-bond donors (Lipinski definition) is 1. The SMILES string of the molecule is CC(C)N1CCC(O)C(F)CC1. The Labute approximate surface area is 73.4 Å². The molecule has 1 N–H and O–H groups in total. The van der Waals surface area contributed by atoms with Crippen molar-refractivity contribution in [2.75, 3.05) is 13.1 Å². The molecule has 1 saturated heterocycles. The highest BCUT2D eigenvalue weighted by Crippen LogP contribution is 2.16. The molecule has 2 unspecified atom stereocenters. The van der Waals surface area contributed by atoms with Crippen LogP contribution in [-0.2, 0) is 0 Å². The average Bonchev–Trinajstić information content (AvgIpc) is 2.16. The van der Waals surface area contributed by atoms with Crippen molar-refractivity contribution < 1.29 is 9.50 Å². The van der Waals surface area contributed by atoms with Gasteiger partial charge in [-0.1, -0.05) is 0 Å². The number of aliphatic hydroxyl groups is 1. The zero-order chi connectivity index (χ0) is 9.14. The predicted octanol–water partition coefficient (Wildman–Crippen LogP) is 1.19. The molecular weight excluding hydrogens is 157 g/mol. The van der Waals surface area contributed by atoms with E-state index >= 15 is 0 Å². The number of likely N-dealkylation sites (tertiary alicyclic amines) is 1. The molecule has 3 heteroatoms. The van der Waals surface area contributed by atoms with Crippen molar-refractivity contribution in [2.24, 2.45) is 0 Å². The third-order valence-electron chi connectivity index (χ3n) is 2.55. The van der Waals surface area contributed by atoms with Gasteiger partial charge < -0.3 is 10.0 Å². The van der Waals surface area contributed by atoms with E-state index in [-0.39, 0.29) is 0 Å². The van der Waals surface area contributed by atoms with Gasteiger partial charge in [0.1, 0.15) is 6.17 Å². The van der Waals surface area contributed by atoms with Crippen LogP contribution in [0.2, 0.25) is 0 Å². The lowest BCUT2D eigenvalue weighted by atomic mass is 10.1. The number of halogens is 1. The van der Waals surface area contributed by atoms with E-state index in [4.69, 9.17) is 0 Å². The van der Waals surface area contributed by atoms with Crippen LogP contribution in [-0.4, -0.2) is 41.4 Å². The van der Waals surface area contributed by atoms with Gasteiger partial charge in [0.05, 0.1) is 6.10 Å². The Morgan fingerprint density at radius 1 is 1.33 bits per heavy atom. The van der Waals surface area contributed by atoms with Gasteiger partial charge in [0.25, 0.3) is 0 Å². The Morgan fingerprint density at radius 3 is 2.50 bits per heavy atom. The van der Waals surface area contributed by atoms with E-state index in [0.29, 0.717) is 18.9 Å². The van der Waals surface area contributed by atoms with Crippen molar-refractivity contribution in [3.05, 3.63) is 0 Å². The van der Waals surface area contributed by atoms with Gasteiger partial charge in [-0.3, -0.25) is 0 Å². The van der Waals surface area contributed by atoms with Gasteiger partial charge in [0.15, 0.2) is 0 Å². The summed E-state index contributed by atoms with van der Waals surface area (Å²) >= 11 is 0. The third kappa shape index (κ3) is 2.42. The first-order valence-electron chi connectivity index (χ1n) is 4.67. The van der Waals surface area contributed by atoms with Crippen LogP contribution >= 0.6 is 0 Å². The molecule has 0 spiro atoms. The summed E-state index contributed by atoms with van der Waals surface area (Å²) in [6, 6.07) is 0.461. The van der Waals surface area contributed by atoms with E-state index in [0.717, 1.165) is 13.1 Å². The molecule has 0 aromatic heterocycles. The van der Waals surface area contributed by atoms with Crippen molar-refractivity contribution in [3.63, 3.8) is 0 Å². The highest BCUT2D eigenvalue weighted by atomic mass is 19.1. The molecule has 12 heavy (non-hydrogen) atoms. The fraction of sp³-hybridized carbons (Fsp3) is 1.00. The summed E-state index contributed by atoms with van der Waals surface area (Å²) in [5.74, 6) is 0. The first kappa shape index (κ1) is 9.93. The second-order valence-corrected chi connectivity index (χ2v) is 3.79. The summed E-state index contributed by atoms with van der Waals surface area (Å²) in [6.07, 6.45) is -0.721. The lowest BCUT2D eigenvalue weighted by molar-refractivity contribution is 0.0753. The summed E-state index contributed by atoms with van der Waals surface area (Å²) in [7, 11) is 0. The van der Waals surface area contributed by atoms with Crippen molar-refractivity contribution >= 4 is 0 Å². The Balaban J connectivity index is 2.44. The van der Waals surface area contributed by atoms with E-state index < -0.39 is 12.3 Å². The molecule has 2 atom stereocenters. The zero-order valence-corrected chi connectivity index (χ0v) is 7.83. The van der Waals surface area contributed by atoms with Gasteiger partial charge in [-0.05, 0) is 26.7 Å². The Hall–Kier alpha value is -0.150. The fourth-order valence-electron chi connectivity index (χ4n) is 1.59. The molecule has 1 rings (SSSR count). The van der Waals surface area contributed by atoms with E-state index in [1.807, 2.05) is 0 Å². The molecule has 1 aliphatic rings. The monoisotopic (exact) mass is 175 g/mol. The summed E-state index contributed by atoms with van der Waals surface area (Å²) < 4.78 is 13.0. The number of nitrogens with zero attached hydrogens (tertiary/aromatic N) is 1. The van der Waals surface area contributed by atoms with Crippen LogP contribution in [0.1, 0.15) is 26.7 Å². The molecular formula is C9H18FNO.